The van der Waals surface area contributed by atoms with Gasteiger partial charge in [0, 0.05) is 29.6 Å². The molecule has 10 nitrogen and oxygen atoms in total. The van der Waals surface area contributed by atoms with E-state index in [0.717, 1.165) is 5.56 Å². The summed E-state index contributed by atoms with van der Waals surface area (Å²) in [6.45, 7) is 1.55. The number of hydrogen-bond acceptors (Lipinski definition) is 9. The number of aliphatic carboxylic acids is 1. The summed E-state index contributed by atoms with van der Waals surface area (Å²) in [5, 5.41) is 33.5. The molecule has 1 aliphatic heterocycles. The van der Waals surface area contributed by atoms with Crippen molar-refractivity contribution in [3.05, 3.63) is 35.9 Å². The Balaban J connectivity index is 0.00000480. The van der Waals surface area contributed by atoms with Crippen molar-refractivity contribution >= 4 is 22.9 Å². The molecule has 1 heterocycles. The second kappa shape index (κ2) is 13.5. The molecule has 1 aromatic rings. The zero-order chi connectivity index (χ0) is 22.3. The van der Waals surface area contributed by atoms with Crippen LogP contribution in [0.5, 0.6) is 0 Å². The summed E-state index contributed by atoms with van der Waals surface area (Å²) in [4.78, 5) is 23.2. The molecule has 7 atom stereocenters. The smallest absolute Gasteiger partial charge is 0.548 e. The van der Waals surface area contributed by atoms with E-state index in [-0.39, 0.29) is 41.9 Å². The summed E-state index contributed by atoms with van der Waals surface area (Å²) in [5.74, 6) is -2.75. The summed E-state index contributed by atoms with van der Waals surface area (Å²) in [6, 6.07) is 7.27. The number of carboxylic acids is 1. The third-order valence-electron chi connectivity index (χ3n) is 4.79. The van der Waals surface area contributed by atoms with Crippen LogP contribution in [0.4, 0.5) is 4.79 Å². The quantitative estimate of drug-likeness (QED) is 0.305. The first-order valence-electron chi connectivity index (χ1n) is 9.30. The van der Waals surface area contributed by atoms with Crippen molar-refractivity contribution in [3.8, 4) is 0 Å². The van der Waals surface area contributed by atoms with Gasteiger partial charge in [0.05, 0.1) is 30.0 Å². The fraction of sp³-hybridized carbons (Fsp3) is 0.579. The predicted molar refractivity (Wildman–Crippen MR) is 103 cm³/mol. The second-order valence-electron chi connectivity index (χ2n) is 6.97. The van der Waals surface area contributed by atoms with Gasteiger partial charge in [-0.2, -0.15) is 0 Å². The van der Waals surface area contributed by atoms with Crippen LogP contribution in [-0.2, 0) is 36.4 Å². The van der Waals surface area contributed by atoms with Gasteiger partial charge in [0.1, 0.15) is 12.7 Å². The molecule has 12 heteroatoms. The fourth-order valence-corrected chi connectivity index (χ4v) is 4.44. The van der Waals surface area contributed by atoms with Crippen molar-refractivity contribution in [2.75, 3.05) is 18.6 Å². The van der Waals surface area contributed by atoms with E-state index in [2.05, 4.69) is 5.32 Å². The molecule has 1 amide bonds. The van der Waals surface area contributed by atoms with Crippen molar-refractivity contribution in [2.24, 2.45) is 5.92 Å². The summed E-state index contributed by atoms with van der Waals surface area (Å²) >= 11 is 0. The molecular formula is C19H26NNaO9S. The minimum atomic E-state index is -1.75. The minimum Gasteiger partial charge on any atom is -0.548 e. The Morgan fingerprint density at radius 3 is 2.48 bits per heavy atom. The standard InChI is InChI=1S/C19H27NO9S.Na/c1-11-14(29-18(27-2)16(22)15(11)21)10-30(26)9-13(17(23)24)20-19(25)28-8-12-6-4-3-5-7-12;/h3-7,11,13-16,18,21-22H,8-10H2,1-2H3,(H,20,25)(H,23,24);/q;+1/p-1. The average molecular weight is 467 g/mol. The van der Waals surface area contributed by atoms with Crippen LogP contribution in [0.15, 0.2) is 30.3 Å². The zero-order valence-electron chi connectivity index (χ0n) is 17.6. The number of benzene rings is 1. The first-order chi connectivity index (χ1) is 14.2. The maximum Gasteiger partial charge on any atom is 1.00 e. The van der Waals surface area contributed by atoms with Crippen LogP contribution < -0.4 is 40.0 Å². The number of ether oxygens (including phenoxy) is 3. The summed E-state index contributed by atoms with van der Waals surface area (Å²) < 4.78 is 27.9. The molecule has 1 saturated heterocycles. The molecule has 0 aromatic heterocycles. The molecule has 0 spiro atoms. The van der Waals surface area contributed by atoms with Crippen LogP contribution in [-0.4, -0.2) is 75.7 Å². The maximum absolute atomic E-state index is 12.5. The monoisotopic (exact) mass is 467 g/mol. The van der Waals surface area contributed by atoms with Gasteiger partial charge in [0.2, 0.25) is 0 Å². The molecule has 1 fully saturated rings. The Bertz CT molecular complexity index is 736. The van der Waals surface area contributed by atoms with Crippen LogP contribution >= 0.6 is 0 Å². The van der Waals surface area contributed by atoms with Crippen LogP contribution in [0.25, 0.3) is 0 Å². The maximum atomic E-state index is 12.5. The number of nitrogens with one attached hydrogen (secondary N) is 1. The van der Waals surface area contributed by atoms with E-state index in [1.807, 2.05) is 0 Å². The predicted octanol–water partition coefficient (Wildman–Crippen LogP) is -4.49. The van der Waals surface area contributed by atoms with E-state index in [9.17, 15) is 29.1 Å². The molecule has 1 aliphatic rings. The molecule has 1 aromatic carbocycles. The van der Waals surface area contributed by atoms with Gasteiger partial charge in [-0.05, 0) is 5.56 Å². The Morgan fingerprint density at radius 2 is 1.90 bits per heavy atom. The molecule has 0 radical (unpaired) electrons. The largest absolute Gasteiger partial charge is 1.00 e. The van der Waals surface area contributed by atoms with Crippen LogP contribution in [0.3, 0.4) is 0 Å². The summed E-state index contributed by atoms with van der Waals surface area (Å²) in [5.41, 5.74) is 0.720. The first kappa shape index (κ1) is 28.0. The number of hydrogen-bond donors (Lipinski definition) is 3. The topological polar surface area (TPSA) is 154 Å². The summed E-state index contributed by atoms with van der Waals surface area (Å²) in [7, 11) is -0.459. The fourth-order valence-electron chi connectivity index (χ4n) is 2.97. The van der Waals surface area contributed by atoms with E-state index in [0.29, 0.717) is 0 Å². The summed E-state index contributed by atoms with van der Waals surface area (Å²) in [6.07, 6.45) is -5.24. The number of rotatable bonds is 9. The van der Waals surface area contributed by atoms with E-state index in [1.54, 1.807) is 37.3 Å². The van der Waals surface area contributed by atoms with Crippen LogP contribution in [0.1, 0.15) is 12.5 Å². The average Bonchev–Trinajstić information content (AvgIpc) is 2.72. The van der Waals surface area contributed by atoms with Gasteiger partial charge in [-0.3, -0.25) is 4.21 Å². The zero-order valence-corrected chi connectivity index (χ0v) is 20.4. The number of carbonyl (C=O) groups is 2. The molecule has 7 unspecified atom stereocenters. The molecular weight excluding hydrogens is 441 g/mol. The Hall–Kier alpha value is -1.05. The normalized spacial score (nSPS) is 27.4. The third kappa shape index (κ3) is 8.43. The van der Waals surface area contributed by atoms with Gasteiger partial charge >= 0.3 is 35.7 Å². The van der Waals surface area contributed by atoms with Gasteiger partial charge in [0.25, 0.3) is 0 Å². The van der Waals surface area contributed by atoms with Gasteiger partial charge in [0.15, 0.2) is 6.29 Å². The van der Waals surface area contributed by atoms with Crippen molar-refractivity contribution in [1.82, 2.24) is 5.32 Å². The molecule has 0 aliphatic carbocycles. The van der Waals surface area contributed by atoms with E-state index in [1.165, 1.54) is 7.11 Å². The number of methoxy groups -OCH3 is 1. The number of amides is 1. The second-order valence-corrected chi connectivity index (χ2v) is 8.52. The van der Waals surface area contributed by atoms with Crippen molar-refractivity contribution in [1.29, 1.82) is 0 Å². The molecule has 0 bridgehead atoms. The number of aliphatic hydroxyl groups is 2. The third-order valence-corrected chi connectivity index (χ3v) is 6.19. The van der Waals surface area contributed by atoms with E-state index in [4.69, 9.17) is 14.2 Å². The number of carboxylic acid groups (broad SMARTS) is 1. The van der Waals surface area contributed by atoms with Crippen molar-refractivity contribution in [3.63, 3.8) is 0 Å². The van der Waals surface area contributed by atoms with Crippen molar-refractivity contribution in [2.45, 2.75) is 44.2 Å². The molecule has 3 N–H and O–H groups in total. The molecule has 2 rings (SSSR count). The van der Waals surface area contributed by atoms with Gasteiger partial charge < -0.3 is 39.6 Å². The molecule has 31 heavy (non-hydrogen) atoms. The van der Waals surface area contributed by atoms with E-state index < -0.39 is 65.2 Å². The van der Waals surface area contributed by atoms with Crippen molar-refractivity contribution < 1.29 is 72.9 Å². The number of carbonyl (C=O) groups excluding carboxylic acids is 2. The SMILES string of the molecule is COC1OC(CS(=O)CC(NC(=O)OCc2ccccc2)C(=O)[O-])C(C)C(O)C1O.[Na+]. The molecule has 0 saturated carbocycles. The Kier molecular flexibility index (Phi) is 12.2. The first-order valence-corrected chi connectivity index (χ1v) is 10.8. The van der Waals surface area contributed by atoms with Gasteiger partial charge in [-0.1, -0.05) is 37.3 Å². The Morgan fingerprint density at radius 1 is 1.26 bits per heavy atom. The minimum absolute atomic E-state index is 0. The van der Waals surface area contributed by atoms with Gasteiger partial charge in [-0.25, -0.2) is 4.79 Å². The number of alkyl carbamates (subject to hydrolysis) is 1. The van der Waals surface area contributed by atoms with E-state index >= 15 is 0 Å². The number of aliphatic hydroxyl groups excluding tert-OH is 2. The van der Waals surface area contributed by atoms with Crippen LogP contribution in [0, 0.1) is 5.92 Å². The molecule has 168 valence electrons. The Labute approximate surface area is 205 Å². The van der Waals surface area contributed by atoms with Gasteiger partial charge in [-0.15, -0.1) is 0 Å². The van der Waals surface area contributed by atoms with Crippen LogP contribution in [0.2, 0.25) is 0 Å².